The Hall–Kier alpha value is -2.74. The molecule has 0 aromatic heterocycles. The average molecular weight is 550 g/mol. The van der Waals surface area contributed by atoms with Crippen molar-refractivity contribution in [1.29, 1.82) is 0 Å². The van der Waals surface area contributed by atoms with E-state index in [1.165, 1.54) is 18.2 Å². The van der Waals surface area contributed by atoms with Crippen molar-refractivity contribution in [2.24, 2.45) is 0 Å². The molecular weight excluding hydrogens is 514 g/mol. The average Bonchev–Trinajstić information content (AvgIpc) is 3.43. The number of hydrogen-bond acceptors (Lipinski definition) is 8. The lowest BCUT2D eigenvalue weighted by Gasteiger charge is -2.38. The first-order chi connectivity index (χ1) is 18.3. The third-order valence-electron chi connectivity index (χ3n) is 6.81. The van der Waals surface area contributed by atoms with Crippen LogP contribution in [0.25, 0.3) is 0 Å². The van der Waals surface area contributed by atoms with Gasteiger partial charge in [-0.05, 0) is 43.0 Å². The Morgan fingerprint density at radius 1 is 1.08 bits per heavy atom. The number of ether oxygens (including phenoxy) is 2. The van der Waals surface area contributed by atoms with E-state index in [2.05, 4.69) is 0 Å². The Labute approximate surface area is 222 Å². The minimum absolute atomic E-state index is 0.0601. The van der Waals surface area contributed by atoms with Crippen LogP contribution in [-0.4, -0.2) is 84.9 Å². The molecule has 1 heterocycles. The summed E-state index contributed by atoms with van der Waals surface area (Å²) in [7, 11) is -4.30. The van der Waals surface area contributed by atoms with Crippen LogP contribution >= 0.6 is 0 Å². The summed E-state index contributed by atoms with van der Waals surface area (Å²) in [6.45, 7) is -0.107. The second-order valence-electron chi connectivity index (χ2n) is 9.62. The summed E-state index contributed by atoms with van der Waals surface area (Å²) in [5, 5.41) is 21.4. The van der Waals surface area contributed by atoms with Gasteiger partial charge in [0.2, 0.25) is 0 Å². The highest BCUT2D eigenvalue weighted by atomic mass is 32.2. The number of hydroxylamine groups is 1. The second kappa shape index (κ2) is 12.9. The van der Waals surface area contributed by atoms with E-state index in [0.29, 0.717) is 12.8 Å². The number of nitrogen functional groups attached to an aromatic ring is 1. The normalized spacial score (nSPS) is 18.9. The molecule has 2 aromatic rings. The lowest BCUT2D eigenvalue weighted by molar-refractivity contribution is -0.176. The first-order valence-electron chi connectivity index (χ1n) is 12.7. The molecule has 1 aliphatic carbocycles. The Morgan fingerprint density at radius 2 is 1.76 bits per heavy atom. The predicted molar refractivity (Wildman–Crippen MR) is 138 cm³/mol. The number of amides is 1. The van der Waals surface area contributed by atoms with Crippen LogP contribution in [0.4, 0.5) is 10.5 Å². The Kier molecular flexibility index (Phi) is 9.58. The standard InChI is InChI=1S/C26H35N3O8S/c27-20-9-6-12-23(14-20)38(33,34)29(37-22-10-4-5-11-22)24(13-19-7-2-1-3-8-19)25(30)15-28(26(31)32)21-16-35-18-36-17-21/h1-3,6-9,12,14,21-22,24-25,30H,4-5,10-11,13,15-18,27H2,(H,31,32)/t24?,25-/m1/s1. The molecule has 0 radical (unpaired) electrons. The van der Waals surface area contributed by atoms with Gasteiger partial charge in [-0.3, -0.25) is 9.74 Å². The maximum Gasteiger partial charge on any atom is 0.407 e. The number of benzene rings is 2. The fraction of sp³-hybridized carbons (Fsp3) is 0.500. The smallest absolute Gasteiger partial charge is 0.407 e. The number of rotatable bonds is 11. The summed E-state index contributed by atoms with van der Waals surface area (Å²) < 4.78 is 39.4. The van der Waals surface area contributed by atoms with Crippen LogP contribution in [0.15, 0.2) is 59.5 Å². The summed E-state index contributed by atoms with van der Waals surface area (Å²) in [4.78, 5) is 19.2. The minimum Gasteiger partial charge on any atom is -0.465 e. The highest BCUT2D eigenvalue weighted by Crippen LogP contribution is 2.30. The van der Waals surface area contributed by atoms with Crippen molar-refractivity contribution in [3.63, 3.8) is 0 Å². The molecular formula is C26H35N3O8S. The number of nitrogens with two attached hydrogens (primary N) is 1. The summed E-state index contributed by atoms with van der Waals surface area (Å²) in [6.07, 6.45) is 0.168. The third-order valence-corrected chi connectivity index (χ3v) is 8.49. The molecule has 4 N–H and O–H groups in total. The molecule has 2 fully saturated rings. The molecule has 4 rings (SSSR count). The fourth-order valence-electron chi connectivity index (χ4n) is 4.80. The molecule has 2 aromatic carbocycles. The quantitative estimate of drug-likeness (QED) is 0.283. The molecule has 1 saturated heterocycles. The predicted octanol–water partition coefficient (Wildman–Crippen LogP) is 2.46. The lowest BCUT2D eigenvalue weighted by Crippen LogP contribution is -2.56. The van der Waals surface area contributed by atoms with Crippen molar-refractivity contribution < 1.29 is 37.7 Å². The van der Waals surface area contributed by atoms with Crippen LogP contribution in [0, 0.1) is 0 Å². The molecule has 11 nitrogen and oxygen atoms in total. The molecule has 2 atom stereocenters. The molecule has 1 amide bonds. The number of carboxylic acid groups (broad SMARTS) is 1. The van der Waals surface area contributed by atoms with Crippen LogP contribution in [0.3, 0.4) is 0 Å². The van der Waals surface area contributed by atoms with Gasteiger partial charge >= 0.3 is 6.09 Å². The number of anilines is 1. The van der Waals surface area contributed by atoms with Gasteiger partial charge in [0.05, 0.1) is 48.9 Å². The number of aliphatic hydroxyl groups is 1. The second-order valence-corrected chi connectivity index (χ2v) is 11.4. The van der Waals surface area contributed by atoms with Crippen LogP contribution < -0.4 is 5.73 Å². The zero-order valence-electron chi connectivity index (χ0n) is 21.1. The summed E-state index contributed by atoms with van der Waals surface area (Å²) >= 11 is 0. The van der Waals surface area contributed by atoms with Crippen LogP contribution in [0.2, 0.25) is 0 Å². The van der Waals surface area contributed by atoms with Crippen molar-refractivity contribution in [3.05, 3.63) is 60.2 Å². The van der Waals surface area contributed by atoms with Gasteiger partial charge in [-0.1, -0.05) is 53.7 Å². The van der Waals surface area contributed by atoms with Gasteiger partial charge in [-0.15, -0.1) is 0 Å². The summed E-state index contributed by atoms with van der Waals surface area (Å²) in [5.74, 6) is 0. The molecule has 38 heavy (non-hydrogen) atoms. The van der Waals surface area contributed by atoms with Gasteiger partial charge in [-0.25, -0.2) is 13.2 Å². The van der Waals surface area contributed by atoms with E-state index in [9.17, 15) is 23.4 Å². The zero-order chi connectivity index (χ0) is 27.1. The van der Waals surface area contributed by atoms with Gasteiger partial charge < -0.3 is 25.4 Å². The molecule has 12 heteroatoms. The van der Waals surface area contributed by atoms with Gasteiger partial charge in [-0.2, -0.15) is 0 Å². The monoisotopic (exact) mass is 549 g/mol. The maximum atomic E-state index is 14.0. The van der Waals surface area contributed by atoms with Crippen molar-refractivity contribution in [2.45, 2.75) is 61.3 Å². The van der Waals surface area contributed by atoms with E-state index in [-0.39, 0.29) is 49.7 Å². The first kappa shape index (κ1) is 28.3. The molecule has 1 saturated carbocycles. The molecule has 0 spiro atoms. The molecule has 2 aliphatic rings. The van der Waals surface area contributed by atoms with Crippen LogP contribution in [-0.2, 0) is 30.8 Å². The largest absolute Gasteiger partial charge is 0.465 e. The number of sulfonamides is 1. The molecule has 1 unspecified atom stereocenters. The Morgan fingerprint density at radius 3 is 2.39 bits per heavy atom. The van der Waals surface area contributed by atoms with E-state index in [4.69, 9.17) is 20.0 Å². The molecule has 208 valence electrons. The number of aliphatic hydroxyl groups excluding tert-OH is 1. The van der Waals surface area contributed by atoms with E-state index < -0.39 is 34.3 Å². The highest BCUT2D eigenvalue weighted by molar-refractivity contribution is 7.89. The SMILES string of the molecule is Nc1cccc(S(=O)(=O)N(OC2CCCC2)C(Cc2ccccc2)[C@H](O)CN(C(=O)O)C2COCOC2)c1. The van der Waals surface area contributed by atoms with Gasteiger partial charge in [0.1, 0.15) is 6.79 Å². The van der Waals surface area contributed by atoms with Crippen molar-refractivity contribution >= 4 is 21.8 Å². The molecule has 1 aliphatic heterocycles. The highest BCUT2D eigenvalue weighted by Gasteiger charge is 2.41. The van der Waals surface area contributed by atoms with E-state index in [0.717, 1.165) is 27.8 Å². The zero-order valence-corrected chi connectivity index (χ0v) is 21.9. The first-order valence-corrected chi connectivity index (χ1v) is 14.1. The van der Waals surface area contributed by atoms with E-state index in [1.807, 2.05) is 30.3 Å². The van der Waals surface area contributed by atoms with Crippen LogP contribution in [0.1, 0.15) is 31.2 Å². The summed E-state index contributed by atoms with van der Waals surface area (Å²) in [6, 6.07) is 13.2. The Balaban J connectivity index is 1.71. The third kappa shape index (κ3) is 7.01. The topological polar surface area (TPSA) is 152 Å². The number of nitrogens with zero attached hydrogens (tertiary/aromatic N) is 2. The van der Waals surface area contributed by atoms with Gasteiger partial charge in [0.15, 0.2) is 0 Å². The number of hydrogen-bond donors (Lipinski definition) is 3. The van der Waals surface area contributed by atoms with E-state index in [1.54, 1.807) is 6.07 Å². The lowest BCUT2D eigenvalue weighted by atomic mass is 10.0. The van der Waals surface area contributed by atoms with Crippen molar-refractivity contribution in [2.75, 3.05) is 32.3 Å². The van der Waals surface area contributed by atoms with E-state index >= 15 is 0 Å². The summed E-state index contributed by atoms with van der Waals surface area (Å²) in [5.41, 5.74) is 6.91. The minimum atomic E-state index is -4.30. The molecule has 0 bridgehead atoms. The number of carbonyl (C=O) groups is 1. The van der Waals surface area contributed by atoms with Crippen LogP contribution in [0.5, 0.6) is 0 Å². The Bertz CT molecular complexity index is 1150. The van der Waals surface area contributed by atoms with Crippen molar-refractivity contribution in [1.82, 2.24) is 9.37 Å². The maximum absolute atomic E-state index is 14.0. The van der Waals surface area contributed by atoms with Gasteiger partial charge in [0, 0.05) is 5.69 Å². The van der Waals surface area contributed by atoms with Gasteiger partial charge in [0.25, 0.3) is 10.0 Å². The van der Waals surface area contributed by atoms with Crippen molar-refractivity contribution in [3.8, 4) is 0 Å². The fourth-order valence-corrected chi connectivity index (χ4v) is 6.35.